The number of oxime groups is 1. The van der Waals surface area contributed by atoms with Gasteiger partial charge < -0.3 is 30.8 Å². The number of esters is 1. The summed E-state index contributed by atoms with van der Waals surface area (Å²) >= 11 is 2.84. The molecule has 1 saturated heterocycles. The van der Waals surface area contributed by atoms with Crippen LogP contribution in [0.2, 0.25) is 0 Å². The van der Waals surface area contributed by atoms with Crippen LogP contribution in [0.1, 0.15) is 5.69 Å². The summed E-state index contributed by atoms with van der Waals surface area (Å²) in [5.74, 6) is -7.15. The van der Waals surface area contributed by atoms with E-state index >= 15 is 0 Å². The highest BCUT2D eigenvalue weighted by Gasteiger charge is 2.54. The number of carboxylic acid groups (broad SMARTS) is 2. The minimum Gasteiger partial charge on any atom is -0.479 e. The Labute approximate surface area is 222 Å². The maximum atomic E-state index is 12.9. The van der Waals surface area contributed by atoms with Gasteiger partial charge in [0.1, 0.15) is 29.4 Å². The Hall–Kier alpha value is -3.52. The summed E-state index contributed by atoms with van der Waals surface area (Å²) in [6, 6.07) is -1.19. The van der Waals surface area contributed by atoms with Crippen molar-refractivity contribution in [3.63, 3.8) is 0 Å². The van der Waals surface area contributed by atoms with Crippen LogP contribution in [0.4, 0.5) is 18.3 Å². The van der Waals surface area contributed by atoms with E-state index in [2.05, 4.69) is 25.0 Å². The predicted octanol–water partition coefficient (Wildman–Crippen LogP) is 0.0654. The van der Waals surface area contributed by atoms with Crippen molar-refractivity contribution in [3.8, 4) is 0 Å². The van der Waals surface area contributed by atoms with Crippen LogP contribution < -0.4 is 11.1 Å². The number of nitrogens with zero attached hydrogens (tertiary/aromatic N) is 3. The second kappa shape index (κ2) is 11.9. The number of alkyl halides is 3. The van der Waals surface area contributed by atoms with E-state index in [1.807, 2.05) is 0 Å². The number of fused-ring (bicyclic) bond motifs is 1. The van der Waals surface area contributed by atoms with Gasteiger partial charge in [-0.3, -0.25) is 14.5 Å². The summed E-state index contributed by atoms with van der Waals surface area (Å²) in [6.07, 6.45) is -5.16. The summed E-state index contributed by atoms with van der Waals surface area (Å²) in [7, 11) is 0. The van der Waals surface area contributed by atoms with Gasteiger partial charge >= 0.3 is 24.1 Å². The lowest BCUT2D eigenvalue weighted by molar-refractivity contribution is -0.199. The number of β-lactam (4-membered cyclic amide) rings is 1. The van der Waals surface area contributed by atoms with E-state index in [1.54, 1.807) is 0 Å². The van der Waals surface area contributed by atoms with E-state index in [4.69, 9.17) is 10.8 Å². The van der Waals surface area contributed by atoms with Crippen LogP contribution in [0.5, 0.6) is 0 Å². The highest BCUT2D eigenvalue weighted by atomic mass is 32.2. The number of anilines is 1. The molecule has 5 N–H and O–H groups in total. The summed E-state index contributed by atoms with van der Waals surface area (Å²) in [5.41, 5.74) is 4.63. The van der Waals surface area contributed by atoms with Crippen LogP contribution in [0.3, 0.4) is 0 Å². The molecule has 1 aromatic heterocycles. The van der Waals surface area contributed by atoms with Crippen molar-refractivity contribution >= 4 is 75.4 Å². The molecule has 20 heteroatoms. The molecule has 0 aromatic carbocycles. The third kappa shape index (κ3) is 6.67. The SMILES string of the molecule is Nc1nc(/C(=N/OCC(=O)O)C(=O)N[C@@H]2C(=O)N3C(C(=O)O)=C(SCCOC(=O)C(F)(F)F)CS[C@@H]23)cs1. The van der Waals surface area contributed by atoms with Crippen LogP contribution >= 0.6 is 34.9 Å². The van der Waals surface area contributed by atoms with E-state index < -0.39 is 71.9 Å². The molecule has 0 unspecified atom stereocenters. The van der Waals surface area contributed by atoms with Crippen molar-refractivity contribution in [3.05, 3.63) is 21.7 Å². The maximum absolute atomic E-state index is 12.9. The first kappa shape index (κ1) is 29.0. The summed E-state index contributed by atoms with van der Waals surface area (Å²) < 4.78 is 40.7. The van der Waals surface area contributed by atoms with Crippen molar-refractivity contribution in [1.29, 1.82) is 0 Å². The fraction of sp³-hybridized carbons (Fsp3) is 0.389. The number of aromatic nitrogens is 1. The lowest BCUT2D eigenvalue weighted by Gasteiger charge is -2.49. The molecule has 1 aromatic rings. The topological polar surface area (TPSA) is 211 Å². The molecule has 0 spiro atoms. The third-order valence-electron chi connectivity index (χ3n) is 4.57. The number of rotatable bonds is 11. The van der Waals surface area contributed by atoms with Gasteiger partial charge in [0.2, 0.25) is 6.61 Å². The third-order valence-corrected chi connectivity index (χ3v) is 7.76. The fourth-order valence-corrected chi connectivity index (χ4v) is 6.06. The van der Waals surface area contributed by atoms with Crippen LogP contribution in [0.25, 0.3) is 0 Å². The molecule has 2 atom stereocenters. The number of halogens is 3. The number of amides is 2. The molecular formula is C18H16F3N5O9S3. The summed E-state index contributed by atoms with van der Waals surface area (Å²) in [5, 5.41) is 24.8. The van der Waals surface area contributed by atoms with Gasteiger partial charge in [-0.05, 0) is 0 Å². The average molecular weight is 600 g/mol. The number of aliphatic carboxylic acids is 2. The van der Waals surface area contributed by atoms with Gasteiger partial charge in [0.25, 0.3) is 11.8 Å². The first-order chi connectivity index (χ1) is 17.8. The minimum absolute atomic E-state index is 0.0334. The van der Waals surface area contributed by atoms with Crippen molar-refractivity contribution in [2.45, 2.75) is 17.6 Å². The quantitative estimate of drug-likeness (QED) is 0.0873. The van der Waals surface area contributed by atoms with Gasteiger partial charge in [0.15, 0.2) is 10.8 Å². The Morgan fingerprint density at radius 3 is 2.61 bits per heavy atom. The standard InChI is InChI=1S/C18H16F3N5O9S3/c19-18(20,21)16(33)34-1-2-36-7-5-37-14-10(13(30)26(14)11(7)15(31)32)24-12(29)9(25-35-3-8(27)28)6-4-38-17(22)23-6/h4,10,14H,1-3,5H2,(H2,22,23)(H,24,29)(H,27,28)(H,31,32)/b25-9-/t10-,14+/m1/s1. The number of hydrogen-bond donors (Lipinski definition) is 4. The smallest absolute Gasteiger partial charge is 0.479 e. The Morgan fingerprint density at radius 2 is 2.03 bits per heavy atom. The Kier molecular flexibility index (Phi) is 9.09. The number of carbonyl (C=O) groups is 5. The molecule has 0 aliphatic carbocycles. The second-order valence-corrected chi connectivity index (χ2v) is 10.3. The number of carbonyl (C=O) groups excluding carboxylic acids is 3. The Morgan fingerprint density at radius 1 is 1.32 bits per heavy atom. The predicted molar refractivity (Wildman–Crippen MR) is 126 cm³/mol. The van der Waals surface area contributed by atoms with Gasteiger partial charge in [-0.15, -0.1) is 34.9 Å². The Bertz CT molecular complexity index is 1220. The second-order valence-electron chi connectivity index (χ2n) is 7.10. The van der Waals surface area contributed by atoms with Gasteiger partial charge in [-0.1, -0.05) is 5.16 Å². The van der Waals surface area contributed by atoms with E-state index in [9.17, 15) is 42.3 Å². The van der Waals surface area contributed by atoms with E-state index in [1.165, 1.54) is 5.38 Å². The lowest BCUT2D eigenvalue weighted by atomic mass is 10.0. The highest BCUT2D eigenvalue weighted by molar-refractivity contribution is 8.06. The van der Waals surface area contributed by atoms with Crippen molar-refractivity contribution < 1.29 is 56.9 Å². The number of ether oxygens (including phenoxy) is 1. The van der Waals surface area contributed by atoms with Gasteiger partial charge in [0, 0.05) is 21.8 Å². The number of nitrogen functional groups attached to an aromatic ring is 1. The molecule has 0 radical (unpaired) electrons. The molecule has 38 heavy (non-hydrogen) atoms. The molecule has 2 aliphatic heterocycles. The minimum atomic E-state index is -5.16. The van der Waals surface area contributed by atoms with Gasteiger partial charge in [-0.25, -0.2) is 19.4 Å². The fourth-order valence-electron chi connectivity index (χ4n) is 3.05. The number of nitrogens with two attached hydrogens (primary N) is 1. The van der Waals surface area contributed by atoms with Crippen molar-refractivity contribution in [1.82, 2.24) is 15.2 Å². The molecule has 1 fully saturated rings. The largest absolute Gasteiger partial charge is 0.490 e. The molecule has 0 saturated carbocycles. The van der Waals surface area contributed by atoms with Crippen molar-refractivity contribution in [2.75, 3.05) is 30.5 Å². The van der Waals surface area contributed by atoms with Crippen molar-refractivity contribution in [2.24, 2.45) is 5.16 Å². The normalized spacial score (nSPS) is 19.4. The summed E-state index contributed by atoms with van der Waals surface area (Å²) in [6.45, 7) is -1.51. The number of thiazole rings is 1. The molecule has 3 heterocycles. The monoisotopic (exact) mass is 599 g/mol. The molecule has 0 bridgehead atoms. The van der Waals surface area contributed by atoms with Gasteiger partial charge in [0.05, 0.1) is 0 Å². The van der Waals surface area contributed by atoms with E-state index in [0.29, 0.717) is 0 Å². The van der Waals surface area contributed by atoms with Crippen LogP contribution in [-0.2, 0) is 33.5 Å². The van der Waals surface area contributed by atoms with Crippen LogP contribution in [0, 0.1) is 0 Å². The Balaban J connectivity index is 1.69. The summed E-state index contributed by atoms with van der Waals surface area (Å²) in [4.78, 5) is 68.6. The van der Waals surface area contributed by atoms with Gasteiger partial charge in [-0.2, -0.15) is 13.2 Å². The number of hydrogen-bond acceptors (Lipinski definition) is 13. The van der Waals surface area contributed by atoms with Crippen LogP contribution in [-0.4, -0.2) is 97.8 Å². The average Bonchev–Trinajstić information content (AvgIpc) is 3.26. The molecule has 3 rings (SSSR count). The number of carboxylic acids is 2. The maximum Gasteiger partial charge on any atom is 0.490 e. The lowest BCUT2D eigenvalue weighted by Crippen LogP contribution is -2.71. The highest BCUT2D eigenvalue weighted by Crippen LogP contribution is 2.43. The number of nitrogens with one attached hydrogen (secondary N) is 1. The molecular weight excluding hydrogens is 583 g/mol. The zero-order valence-electron chi connectivity index (χ0n) is 18.6. The van der Waals surface area contributed by atoms with E-state index in [-0.39, 0.29) is 27.2 Å². The van der Waals surface area contributed by atoms with E-state index in [0.717, 1.165) is 39.8 Å². The first-order valence-electron chi connectivity index (χ1n) is 10.0. The number of thioether (sulfide) groups is 2. The molecule has 2 amide bonds. The van der Waals surface area contributed by atoms with Crippen LogP contribution in [0.15, 0.2) is 21.1 Å². The zero-order valence-corrected chi connectivity index (χ0v) is 21.0. The zero-order chi connectivity index (χ0) is 28.2. The molecule has 14 nitrogen and oxygen atoms in total. The molecule has 206 valence electrons. The first-order valence-corrected chi connectivity index (χ1v) is 12.9. The molecule has 2 aliphatic rings.